The molecule has 2 aromatic carbocycles. The lowest BCUT2D eigenvalue weighted by atomic mass is 10.1. The normalized spacial score (nSPS) is 13.8. The number of amides is 2. The van der Waals surface area contributed by atoms with Crippen LogP contribution in [0.15, 0.2) is 53.0 Å². The summed E-state index contributed by atoms with van der Waals surface area (Å²) in [7, 11) is 0. The van der Waals surface area contributed by atoms with Gasteiger partial charge in [-0.2, -0.15) is 0 Å². The molecule has 0 spiro atoms. The first kappa shape index (κ1) is 12.1. The Hall–Kier alpha value is -1.94. The van der Waals surface area contributed by atoms with E-state index in [1.54, 1.807) is 18.2 Å². The number of hydrogen-bond donors (Lipinski definition) is 0. The zero-order valence-electron chi connectivity index (χ0n) is 9.97. The summed E-state index contributed by atoms with van der Waals surface area (Å²) >= 11 is 3.32. The second kappa shape index (κ2) is 4.63. The van der Waals surface area contributed by atoms with Crippen molar-refractivity contribution in [3.05, 3.63) is 69.7 Å². The van der Waals surface area contributed by atoms with Crippen LogP contribution in [0.2, 0.25) is 0 Å². The van der Waals surface area contributed by atoms with Gasteiger partial charge in [0.2, 0.25) is 0 Å². The van der Waals surface area contributed by atoms with Gasteiger partial charge in [0.05, 0.1) is 17.7 Å². The van der Waals surface area contributed by atoms with E-state index in [-0.39, 0.29) is 11.8 Å². The van der Waals surface area contributed by atoms with E-state index in [9.17, 15) is 9.59 Å². The Kier molecular flexibility index (Phi) is 2.95. The van der Waals surface area contributed by atoms with E-state index >= 15 is 0 Å². The van der Waals surface area contributed by atoms with E-state index in [0.717, 1.165) is 10.0 Å². The summed E-state index contributed by atoms with van der Waals surface area (Å²) in [6.45, 7) is 0.310. The molecule has 3 rings (SSSR count). The van der Waals surface area contributed by atoms with E-state index in [2.05, 4.69) is 15.9 Å². The molecule has 0 aromatic heterocycles. The summed E-state index contributed by atoms with van der Waals surface area (Å²) in [6, 6.07) is 14.7. The molecule has 0 bridgehead atoms. The lowest BCUT2D eigenvalue weighted by Crippen LogP contribution is -2.29. The topological polar surface area (TPSA) is 37.4 Å². The minimum atomic E-state index is -0.231. The lowest BCUT2D eigenvalue weighted by molar-refractivity contribution is 0.0642. The molecule has 0 aliphatic carbocycles. The number of imide groups is 1. The first-order valence-electron chi connectivity index (χ1n) is 5.86. The molecule has 2 amide bonds. The Labute approximate surface area is 119 Å². The van der Waals surface area contributed by atoms with Gasteiger partial charge in [0.25, 0.3) is 11.8 Å². The molecule has 0 saturated heterocycles. The SMILES string of the molecule is O=C1c2ccc(Br)cc2C(=O)N1Cc1ccccc1. The van der Waals surface area contributed by atoms with Crippen LogP contribution >= 0.6 is 15.9 Å². The van der Waals surface area contributed by atoms with Gasteiger partial charge >= 0.3 is 0 Å². The van der Waals surface area contributed by atoms with E-state index in [4.69, 9.17) is 0 Å². The van der Waals surface area contributed by atoms with Crippen molar-refractivity contribution in [2.45, 2.75) is 6.54 Å². The number of rotatable bonds is 2. The molecule has 0 radical (unpaired) electrons. The van der Waals surface area contributed by atoms with Crippen LogP contribution < -0.4 is 0 Å². The first-order chi connectivity index (χ1) is 9.16. The van der Waals surface area contributed by atoms with Crippen molar-refractivity contribution in [2.24, 2.45) is 0 Å². The van der Waals surface area contributed by atoms with Crippen LogP contribution in [0.4, 0.5) is 0 Å². The van der Waals surface area contributed by atoms with E-state index < -0.39 is 0 Å². The largest absolute Gasteiger partial charge is 0.270 e. The van der Waals surface area contributed by atoms with Gasteiger partial charge in [0.15, 0.2) is 0 Å². The third kappa shape index (κ3) is 2.08. The first-order valence-corrected chi connectivity index (χ1v) is 6.66. The van der Waals surface area contributed by atoms with Crippen LogP contribution in [-0.4, -0.2) is 16.7 Å². The molecule has 0 atom stereocenters. The van der Waals surface area contributed by atoms with Gasteiger partial charge in [0, 0.05) is 4.47 Å². The fraction of sp³-hybridized carbons (Fsp3) is 0.0667. The number of halogens is 1. The van der Waals surface area contributed by atoms with E-state index in [1.807, 2.05) is 30.3 Å². The van der Waals surface area contributed by atoms with E-state index in [0.29, 0.717) is 17.7 Å². The van der Waals surface area contributed by atoms with Gasteiger partial charge in [-0.3, -0.25) is 14.5 Å². The molecule has 94 valence electrons. The maximum Gasteiger partial charge on any atom is 0.261 e. The summed E-state index contributed by atoms with van der Waals surface area (Å²) in [5.41, 5.74) is 1.88. The third-order valence-electron chi connectivity index (χ3n) is 3.12. The monoisotopic (exact) mass is 315 g/mol. The molecular formula is C15H10BrNO2. The average molecular weight is 316 g/mol. The maximum atomic E-state index is 12.2. The highest BCUT2D eigenvalue weighted by Crippen LogP contribution is 2.27. The van der Waals surface area contributed by atoms with Crippen molar-refractivity contribution in [1.82, 2.24) is 4.90 Å². The molecule has 4 heteroatoms. The molecule has 0 N–H and O–H groups in total. The Balaban J connectivity index is 1.95. The highest BCUT2D eigenvalue weighted by atomic mass is 79.9. The molecule has 1 heterocycles. The maximum absolute atomic E-state index is 12.2. The summed E-state index contributed by atoms with van der Waals surface area (Å²) in [5.74, 6) is -0.457. The zero-order chi connectivity index (χ0) is 13.4. The Bertz CT molecular complexity index is 667. The molecule has 0 saturated carbocycles. The van der Waals surface area contributed by atoms with Crippen molar-refractivity contribution in [3.63, 3.8) is 0 Å². The minimum Gasteiger partial charge on any atom is -0.270 e. The van der Waals surface area contributed by atoms with Crippen molar-refractivity contribution in [3.8, 4) is 0 Å². The Morgan fingerprint density at radius 3 is 2.32 bits per heavy atom. The predicted molar refractivity (Wildman–Crippen MR) is 74.8 cm³/mol. The number of benzene rings is 2. The molecule has 0 unspecified atom stereocenters. The fourth-order valence-corrected chi connectivity index (χ4v) is 2.53. The summed E-state index contributed by atoms with van der Waals surface area (Å²) < 4.78 is 0.800. The van der Waals surface area contributed by atoms with Crippen LogP contribution in [0.1, 0.15) is 26.3 Å². The van der Waals surface area contributed by atoms with Gasteiger partial charge in [-0.1, -0.05) is 46.3 Å². The molecule has 2 aromatic rings. The highest BCUT2D eigenvalue weighted by Gasteiger charge is 2.35. The van der Waals surface area contributed by atoms with Crippen LogP contribution in [0.5, 0.6) is 0 Å². The van der Waals surface area contributed by atoms with Crippen LogP contribution in [-0.2, 0) is 6.54 Å². The van der Waals surface area contributed by atoms with Gasteiger partial charge in [-0.05, 0) is 23.8 Å². The van der Waals surface area contributed by atoms with Gasteiger partial charge in [0.1, 0.15) is 0 Å². The fourth-order valence-electron chi connectivity index (χ4n) is 2.17. The molecule has 0 fully saturated rings. The zero-order valence-corrected chi connectivity index (χ0v) is 11.6. The Morgan fingerprint density at radius 2 is 1.58 bits per heavy atom. The third-order valence-corrected chi connectivity index (χ3v) is 3.61. The second-order valence-electron chi connectivity index (χ2n) is 4.37. The quantitative estimate of drug-likeness (QED) is 0.798. The number of hydrogen-bond acceptors (Lipinski definition) is 2. The average Bonchev–Trinajstić information content (AvgIpc) is 2.65. The van der Waals surface area contributed by atoms with Crippen LogP contribution in [0.25, 0.3) is 0 Å². The number of carbonyl (C=O) groups is 2. The van der Waals surface area contributed by atoms with Gasteiger partial charge in [-0.15, -0.1) is 0 Å². The number of nitrogens with zero attached hydrogens (tertiary/aromatic N) is 1. The molecule has 1 aliphatic rings. The smallest absolute Gasteiger partial charge is 0.261 e. The van der Waals surface area contributed by atoms with Crippen molar-refractivity contribution < 1.29 is 9.59 Å². The number of fused-ring (bicyclic) bond motifs is 1. The second-order valence-corrected chi connectivity index (χ2v) is 5.29. The summed E-state index contributed by atoms with van der Waals surface area (Å²) in [4.78, 5) is 25.7. The lowest BCUT2D eigenvalue weighted by Gasteiger charge is -2.13. The molecular weight excluding hydrogens is 306 g/mol. The van der Waals surface area contributed by atoms with E-state index in [1.165, 1.54) is 4.90 Å². The van der Waals surface area contributed by atoms with Crippen LogP contribution in [0.3, 0.4) is 0 Å². The number of carbonyl (C=O) groups excluding carboxylic acids is 2. The molecule has 19 heavy (non-hydrogen) atoms. The van der Waals surface area contributed by atoms with Gasteiger partial charge < -0.3 is 0 Å². The van der Waals surface area contributed by atoms with Crippen LogP contribution in [0, 0.1) is 0 Å². The summed E-state index contributed by atoms with van der Waals surface area (Å²) in [5, 5.41) is 0. The highest BCUT2D eigenvalue weighted by molar-refractivity contribution is 9.10. The van der Waals surface area contributed by atoms with Crippen molar-refractivity contribution >= 4 is 27.7 Å². The predicted octanol–water partition coefficient (Wildman–Crippen LogP) is 3.25. The molecule has 3 nitrogen and oxygen atoms in total. The van der Waals surface area contributed by atoms with Crippen molar-refractivity contribution in [2.75, 3.05) is 0 Å². The Morgan fingerprint density at radius 1 is 0.895 bits per heavy atom. The standard InChI is InChI=1S/C15H10BrNO2/c16-11-6-7-12-13(8-11)15(19)17(14(12)18)9-10-4-2-1-3-5-10/h1-8H,9H2. The van der Waals surface area contributed by atoms with Gasteiger partial charge in [-0.25, -0.2) is 0 Å². The summed E-state index contributed by atoms with van der Waals surface area (Å²) in [6.07, 6.45) is 0. The molecule has 1 aliphatic heterocycles. The minimum absolute atomic E-state index is 0.226. The van der Waals surface area contributed by atoms with Crippen molar-refractivity contribution in [1.29, 1.82) is 0 Å².